The average molecular weight is 662 g/mol. The van der Waals surface area contributed by atoms with Gasteiger partial charge < -0.3 is 14.5 Å². The van der Waals surface area contributed by atoms with Crippen LogP contribution in [0.2, 0.25) is 0 Å². The molecule has 3 rings (SSSR count). The third-order valence-corrected chi connectivity index (χ3v) is 9.95. The molecular weight excluding hydrogens is 594 g/mol. The molecular formula is C42H67N3O3. The lowest BCUT2D eigenvalue weighted by Crippen LogP contribution is -2.41. The SMILES string of the molecule is C=CC1OC1N(C)CCCCCCC/C=C/C(=O)N(CCCC/C=C/C(=O)N(CCCCCCC)Cc1ccccc1)C1CCCCC1. The molecule has 0 bridgehead atoms. The van der Waals surface area contributed by atoms with Crippen LogP contribution in [0.15, 0.2) is 67.3 Å². The van der Waals surface area contributed by atoms with Crippen LogP contribution in [0.25, 0.3) is 0 Å². The molecule has 2 amide bonds. The third kappa shape index (κ3) is 16.1. The Morgan fingerprint density at radius 1 is 0.771 bits per heavy atom. The molecule has 1 aromatic rings. The summed E-state index contributed by atoms with van der Waals surface area (Å²) in [5.41, 5.74) is 1.18. The van der Waals surface area contributed by atoms with E-state index in [9.17, 15) is 9.59 Å². The third-order valence-electron chi connectivity index (χ3n) is 9.95. The first-order valence-electron chi connectivity index (χ1n) is 19.5. The molecule has 1 saturated carbocycles. The molecule has 1 saturated heterocycles. The van der Waals surface area contributed by atoms with E-state index in [1.165, 1.54) is 76.2 Å². The highest BCUT2D eigenvalue weighted by Gasteiger charge is 2.39. The van der Waals surface area contributed by atoms with Gasteiger partial charge in [0.05, 0.1) is 0 Å². The number of likely N-dealkylation sites (N-methyl/N-ethyl adjacent to an activating group) is 1. The van der Waals surface area contributed by atoms with Crippen molar-refractivity contribution in [3.63, 3.8) is 0 Å². The van der Waals surface area contributed by atoms with Crippen molar-refractivity contribution in [2.45, 2.75) is 154 Å². The van der Waals surface area contributed by atoms with Gasteiger partial charge in [-0.25, -0.2) is 0 Å². The summed E-state index contributed by atoms with van der Waals surface area (Å²) in [5, 5.41) is 0. The normalized spacial score (nSPS) is 18.1. The molecule has 0 spiro atoms. The van der Waals surface area contributed by atoms with E-state index in [0.29, 0.717) is 12.6 Å². The number of hydrogen-bond donors (Lipinski definition) is 0. The maximum absolute atomic E-state index is 13.3. The summed E-state index contributed by atoms with van der Waals surface area (Å²) in [4.78, 5) is 32.9. The van der Waals surface area contributed by atoms with Gasteiger partial charge >= 0.3 is 0 Å². The number of allylic oxidation sites excluding steroid dienone is 2. The van der Waals surface area contributed by atoms with Gasteiger partial charge in [-0.2, -0.15) is 0 Å². The maximum Gasteiger partial charge on any atom is 0.246 e. The fraction of sp³-hybridized carbons (Fsp3) is 0.667. The Balaban J connectivity index is 1.35. The lowest BCUT2D eigenvalue weighted by molar-refractivity contribution is -0.129. The minimum atomic E-state index is 0.108. The number of hydrogen-bond acceptors (Lipinski definition) is 4. The molecule has 6 heteroatoms. The fourth-order valence-corrected chi connectivity index (χ4v) is 6.88. The van der Waals surface area contributed by atoms with Crippen LogP contribution in [0, 0.1) is 0 Å². The monoisotopic (exact) mass is 662 g/mol. The molecule has 2 unspecified atom stereocenters. The van der Waals surface area contributed by atoms with Gasteiger partial charge in [-0.15, -0.1) is 6.58 Å². The summed E-state index contributed by atoms with van der Waals surface area (Å²) in [6.07, 6.45) is 31.9. The van der Waals surface area contributed by atoms with Gasteiger partial charge in [0.15, 0.2) is 0 Å². The Kier molecular flexibility index (Phi) is 20.2. The quantitative estimate of drug-likeness (QED) is 0.0429. The van der Waals surface area contributed by atoms with Gasteiger partial charge in [-0.3, -0.25) is 14.5 Å². The van der Waals surface area contributed by atoms with Crippen molar-refractivity contribution in [2.75, 3.05) is 26.7 Å². The van der Waals surface area contributed by atoms with E-state index in [0.717, 1.165) is 71.0 Å². The Bertz CT molecular complexity index is 1080. The second-order valence-corrected chi connectivity index (χ2v) is 14.0. The molecule has 0 radical (unpaired) electrons. The zero-order chi connectivity index (χ0) is 34.2. The molecule has 6 nitrogen and oxygen atoms in total. The van der Waals surface area contributed by atoms with Gasteiger partial charge in [0.25, 0.3) is 0 Å². The number of carbonyl (C=O) groups excluding carboxylic acids is 2. The predicted octanol–water partition coefficient (Wildman–Crippen LogP) is 9.61. The molecule has 2 fully saturated rings. The molecule has 1 aliphatic heterocycles. The molecule has 48 heavy (non-hydrogen) atoms. The van der Waals surface area contributed by atoms with Crippen molar-refractivity contribution in [3.8, 4) is 0 Å². The zero-order valence-corrected chi connectivity index (χ0v) is 30.5. The molecule has 2 aliphatic rings. The zero-order valence-electron chi connectivity index (χ0n) is 30.5. The van der Waals surface area contributed by atoms with Crippen molar-refractivity contribution < 1.29 is 14.3 Å². The van der Waals surface area contributed by atoms with E-state index in [2.05, 4.69) is 48.6 Å². The van der Waals surface area contributed by atoms with Crippen molar-refractivity contribution in [1.82, 2.24) is 14.7 Å². The molecule has 1 aromatic carbocycles. The van der Waals surface area contributed by atoms with E-state index >= 15 is 0 Å². The van der Waals surface area contributed by atoms with Gasteiger partial charge in [0.1, 0.15) is 12.3 Å². The number of nitrogens with zero attached hydrogens (tertiary/aromatic N) is 3. The summed E-state index contributed by atoms with van der Waals surface area (Å²) < 4.78 is 5.56. The summed E-state index contributed by atoms with van der Waals surface area (Å²) in [7, 11) is 2.13. The van der Waals surface area contributed by atoms with Gasteiger partial charge in [-0.1, -0.05) is 120 Å². The lowest BCUT2D eigenvalue weighted by Gasteiger charge is -2.34. The second-order valence-electron chi connectivity index (χ2n) is 14.0. The van der Waals surface area contributed by atoms with Crippen LogP contribution in [0.3, 0.4) is 0 Å². The molecule has 0 aromatic heterocycles. The first kappa shape index (κ1) is 39.7. The van der Waals surface area contributed by atoms with E-state index in [4.69, 9.17) is 4.74 Å². The summed E-state index contributed by atoms with van der Waals surface area (Å²) >= 11 is 0. The number of rotatable bonds is 26. The minimum absolute atomic E-state index is 0.108. The van der Waals surface area contributed by atoms with Gasteiger partial charge in [-0.05, 0) is 82.6 Å². The summed E-state index contributed by atoms with van der Waals surface area (Å²) in [6.45, 7) is 9.38. The minimum Gasteiger partial charge on any atom is -0.349 e. The number of benzene rings is 1. The Labute approximate surface area is 293 Å². The van der Waals surface area contributed by atoms with Crippen LogP contribution in [0.5, 0.6) is 0 Å². The average Bonchev–Trinajstić information content (AvgIpc) is 3.91. The predicted molar refractivity (Wildman–Crippen MR) is 201 cm³/mol. The van der Waals surface area contributed by atoms with Crippen LogP contribution >= 0.6 is 0 Å². The first-order valence-corrected chi connectivity index (χ1v) is 19.5. The number of unbranched alkanes of at least 4 members (excludes halogenated alkanes) is 11. The van der Waals surface area contributed by atoms with Crippen LogP contribution < -0.4 is 0 Å². The standard InChI is InChI=1S/C42H67N3O3/c1-4-6-7-13-25-34-44(36-37-27-18-16-19-28-37)40(46)31-22-12-15-26-35-45(38-29-20-17-21-30-38)41(47)32-23-11-9-8-10-14-24-33-43(3)42-39(5-2)48-42/h5,16,18-19,22-23,27-28,31-32,38-39,42H,2,4,6-15,17,20-21,24-26,29-30,33-36H2,1,3H3/b31-22+,32-23+. The van der Waals surface area contributed by atoms with Gasteiger partial charge in [0, 0.05) is 32.2 Å². The van der Waals surface area contributed by atoms with Crippen LogP contribution in [-0.4, -0.2) is 71.6 Å². The van der Waals surface area contributed by atoms with E-state index in [1.54, 1.807) is 6.08 Å². The highest BCUT2D eigenvalue weighted by Crippen LogP contribution is 2.26. The van der Waals surface area contributed by atoms with Crippen molar-refractivity contribution in [1.29, 1.82) is 0 Å². The molecule has 2 atom stereocenters. The smallest absolute Gasteiger partial charge is 0.246 e. The Morgan fingerprint density at radius 2 is 1.38 bits per heavy atom. The molecule has 268 valence electrons. The summed E-state index contributed by atoms with van der Waals surface area (Å²) in [6, 6.07) is 10.7. The first-order chi connectivity index (χ1) is 23.5. The van der Waals surface area contributed by atoms with Gasteiger partial charge in [0.2, 0.25) is 11.8 Å². The maximum atomic E-state index is 13.3. The summed E-state index contributed by atoms with van der Waals surface area (Å²) in [5.74, 6) is 0.294. The van der Waals surface area contributed by atoms with E-state index in [1.807, 2.05) is 41.3 Å². The van der Waals surface area contributed by atoms with Crippen molar-refractivity contribution in [3.05, 3.63) is 72.9 Å². The number of ether oxygens (including phenoxy) is 1. The largest absolute Gasteiger partial charge is 0.349 e. The Morgan fingerprint density at radius 3 is 2.06 bits per heavy atom. The molecule has 1 aliphatic carbocycles. The molecule has 1 heterocycles. The van der Waals surface area contributed by atoms with Crippen LogP contribution in [-0.2, 0) is 20.9 Å². The number of amides is 2. The van der Waals surface area contributed by atoms with Crippen molar-refractivity contribution >= 4 is 11.8 Å². The highest BCUT2D eigenvalue weighted by atomic mass is 16.6. The van der Waals surface area contributed by atoms with E-state index < -0.39 is 0 Å². The number of carbonyl (C=O) groups is 2. The number of epoxide rings is 1. The van der Waals surface area contributed by atoms with Crippen molar-refractivity contribution in [2.24, 2.45) is 0 Å². The lowest BCUT2D eigenvalue weighted by atomic mass is 9.94. The van der Waals surface area contributed by atoms with Crippen LogP contribution in [0.4, 0.5) is 0 Å². The Hall–Kier alpha value is -2.70. The second kappa shape index (κ2) is 24.4. The van der Waals surface area contributed by atoms with Crippen LogP contribution in [0.1, 0.15) is 134 Å². The topological polar surface area (TPSA) is 56.4 Å². The molecule has 0 N–H and O–H groups in total. The fourth-order valence-electron chi connectivity index (χ4n) is 6.88. The highest BCUT2D eigenvalue weighted by molar-refractivity contribution is 5.88. The van der Waals surface area contributed by atoms with E-state index in [-0.39, 0.29) is 24.1 Å².